The summed E-state index contributed by atoms with van der Waals surface area (Å²) in [4.78, 5) is 57.5. The lowest BCUT2D eigenvalue weighted by Crippen LogP contribution is -2.68. The van der Waals surface area contributed by atoms with Gasteiger partial charge in [0, 0.05) is 27.6 Å². The Hall–Kier alpha value is -3.91. The van der Waals surface area contributed by atoms with Gasteiger partial charge in [-0.1, -0.05) is 58.7 Å². The lowest BCUT2D eigenvalue weighted by atomic mass is 9.33. The first kappa shape index (κ1) is 41.8. The van der Waals surface area contributed by atoms with Crippen LogP contribution >= 0.6 is 11.6 Å². The first-order chi connectivity index (χ1) is 27.8. The van der Waals surface area contributed by atoms with Crippen molar-refractivity contribution in [3.63, 3.8) is 0 Å². The van der Waals surface area contributed by atoms with Crippen molar-refractivity contribution < 1.29 is 33.4 Å². The Labute approximate surface area is 354 Å². The first-order valence-corrected chi connectivity index (χ1v) is 22.2. The van der Waals surface area contributed by atoms with E-state index in [1.54, 1.807) is 42.0 Å². The summed E-state index contributed by atoms with van der Waals surface area (Å²) >= 11 is 6.13. The third-order valence-electron chi connectivity index (χ3n) is 17.8. The summed E-state index contributed by atoms with van der Waals surface area (Å²) in [5, 5.41) is 1.23. The van der Waals surface area contributed by atoms with Crippen LogP contribution in [0.1, 0.15) is 121 Å². The number of fused-ring (bicyclic) bond motifs is 8. The quantitative estimate of drug-likeness (QED) is 0.228. The average molecular weight is 824 g/mol. The van der Waals surface area contributed by atoms with Crippen LogP contribution in [0.4, 0.5) is 0 Å². The number of allylic oxidation sites excluding steroid dienone is 2. The fraction of sp³-hybridized carbons (Fsp3) is 0.600. The van der Waals surface area contributed by atoms with Crippen LogP contribution < -0.4 is 4.74 Å². The molecule has 0 unspecified atom stereocenters. The van der Waals surface area contributed by atoms with E-state index in [4.69, 9.17) is 25.8 Å². The molecule has 2 aromatic carbocycles. The van der Waals surface area contributed by atoms with E-state index >= 15 is 0 Å². The molecule has 4 fully saturated rings. The van der Waals surface area contributed by atoms with Gasteiger partial charge in [-0.3, -0.25) is 23.7 Å². The van der Waals surface area contributed by atoms with Crippen molar-refractivity contribution in [1.82, 2.24) is 4.57 Å². The van der Waals surface area contributed by atoms with E-state index in [0.717, 1.165) is 25.7 Å². The normalized spacial score (nSPS) is 37.6. The van der Waals surface area contributed by atoms with Crippen LogP contribution in [0.15, 0.2) is 54.1 Å². The van der Waals surface area contributed by atoms with Crippen molar-refractivity contribution in [1.29, 1.82) is 0 Å². The zero-order chi connectivity index (χ0) is 42.6. The topological polar surface area (TPSA) is 101 Å². The van der Waals surface area contributed by atoms with Gasteiger partial charge >= 0.3 is 11.9 Å². The molecule has 316 valence electrons. The maximum absolute atomic E-state index is 15.0. The van der Waals surface area contributed by atoms with E-state index in [1.807, 2.05) is 26.0 Å². The molecule has 0 N–H and O–H groups in total. The molecule has 9 heteroatoms. The van der Waals surface area contributed by atoms with Gasteiger partial charge in [-0.05, 0) is 165 Å². The second-order valence-electron chi connectivity index (χ2n) is 20.4. The summed E-state index contributed by atoms with van der Waals surface area (Å²) in [6.45, 7) is 18.1. The molecule has 1 heterocycles. The predicted molar refractivity (Wildman–Crippen MR) is 229 cm³/mol. The molecule has 8 nitrogen and oxygen atoms in total. The molecule has 0 bridgehead atoms. The van der Waals surface area contributed by atoms with Crippen molar-refractivity contribution in [2.45, 2.75) is 119 Å². The second kappa shape index (κ2) is 14.3. The molecular weight excluding hydrogens is 762 g/mol. The molecule has 5 aliphatic carbocycles. The highest BCUT2D eigenvalue weighted by atomic mass is 35.5. The Morgan fingerprint density at radius 3 is 2.27 bits per heavy atom. The van der Waals surface area contributed by atoms with Crippen molar-refractivity contribution >= 4 is 46.1 Å². The standard InChI is InChI=1S/C50H62ClNO7/c1-28-17-20-46(4)23-24-48(6)36(42(46)29(28)2)27-38(53)43-47(5)21-19-40(50(8,45(56)58-10)39(47)18-22-49(43,48)7)59-41(54)26-34-30(3)52(37-16-15-33(57-9)25-35(34)37)44(55)31-11-13-32(51)14-12-31/h11-16,25,27-29,39-40,42-43H,17-24,26H2,1-10H3/t28-,29+,39-,40-,42+,43-,46-,47+,48-,49-,50-/m1/s1. The number of ether oxygens (including phenoxy) is 3. The predicted octanol–water partition coefficient (Wildman–Crippen LogP) is 10.8. The number of ketones is 1. The Balaban J connectivity index is 1.12. The number of hydrogen-bond donors (Lipinski definition) is 0. The van der Waals surface area contributed by atoms with Gasteiger partial charge in [-0.25, -0.2) is 0 Å². The van der Waals surface area contributed by atoms with Crippen LogP contribution in [-0.4, -0.2) is 48.5 Å². The number of carbonyl (C=O) groups excluding carboxylic acids is 4. The number of benzene rings is 2. The highest BCUT2D eigenvalue weighted by Crippen LogP contribution is 2.75. The first-order valence-electron chi connectivity index (χ1n) is 21.8. The fourth-order valence-corrected chi connectivity index (χ4v) is 14.3. The van der Waals surface area contributed by atoms with Gasteiger partial charge in [0.25, 0.3) is 5.91 Å². The van der Waals surface area contributed by atoms with Gasteiger partial charge in [0.15, 0.2) is 5.78 Å². The van der Waals surface area contributed by atoms with Gasteiger partial charge in [0.2, 0.25) is 0 Å². The van der Waals surface area contributed by atoms with Gasteiger partial charge in [-0.2, -0.15) is 0 Å². The van der Waals surface area contributed by atoms with Crippen LogP contribution in [-0.2, 0) is 30.3 Å². The van der Waals surface area contributed by atoms with Gasteiger partial charge in [0.05, 0.1) is 26.2 Å². The number of aromatic nitrogens is 1. The molecular formula is C50H62ClNO7. The van der Waals surface area contributed by atoms with Crippen LogP contribution in [0.3, 0.4) is 0 Å². The molecule has 3 aromatic rings. The largest absolute Gasteiger partial charge is 0.497 e. The van der Waals surface area contributed by atoms with Crippen LogP contribution in [0.2, 0.25) is 5.02 Å². The third-order valence-corrected chi connectivity index (χ3v) is 18.0. The maximum atomic E-state index is 15.0. The van der Waals surface area contributed by atoms with E-state index in [1.165, 1.54) is 25.5 Å². The number of halogens is 1. The average Bonchev–Trinajstić information content (AvgIpc) is 3.47. The number of hydrogen-bond acceptors (Lipinski definition) is 7. The maximum Gasteiger partial charge on any atom is 0.315 e. The van der Waals surface area contributed by atoms with Crippen molar-refractivity contribution in [2.75, 3.05) is 14.2 Å². The molecule has 5 aliphatic rings. The van der Waals surface area contributed by atoms with E-state index in [2.05, 4.69) is 47.6 Å². The van der Waals surface area contributed by atoms with Gasteiger partial charge < -0.3 is 14.2 Å². The number of nitrogens with zero attached hydrogens (tertiary/aromatic N) is 1. The summed E-state index contributed by atoms with van der Waals surface area (Å²) in [6, 6.07) is 12.2. The molecule has 8 rings (SSSR count). The summed E-state index contributed by atoms with van der Waals surface area (Å²) < 4.78 is 19.2. The van der Waals surface area contributed by atoms with Crippen LogP contribution in [0.5, 0.6) is 5.75 Å². The summed E-state index contributed by atoms with van der Waals surface area (Å²) in [5.74, 6) is 0.648. The Bertz CT molecular complexity index is 2280. The lowest BCUT2D eigenvalue weighted by molar-refractivity contribution is -0.222. The lowest BCUT2D eigenvalue weighted by Gasteiger charge is -2.70. The molecule has 59 heavy (non-hydrogen) atoms. The molecule has 11 atom stereocenters. The highest BCUT2D eigenvalue weighted by molar-refractivity contribution is 6.30. The second-order valence-corrected chi connectivity index (χ2v) is 20.8. The highest BCUT2D eigenvalue weighted by Gasteiger charge is 2.72. The fourth-order valence-electron chi connectivity index (χ4n) is 14.2. The molecule has 4 saturated carbocycles. The van der Waals surface area contributed by atoms with Crippen LogP contribution in [0.25, 0.3) is 10.9 Å². The van der Waals surface area contributed by atoms with Crippen molar-refractivity contribution in [2.24, 2.45) is 56.7 Å². The SMILES string of the molecule is COC(=O)[C@]1(C)[C@@H]2CC[C@]3(C)[C@H](C(=O)C=C4[C@@H]5[C@@H](C)[C@H](C)CC[C@]5(C)CC[C@]43C)[C@@]2(C)CC[C@H]1OC(=O)Cc1c(C)n(C(=O)c2ccc(Cl)cc2)c2ccc(OC)cc12. The minimum absolute atomic E-state index is 0.117. The van der Waals surface area contributed by atoms with Gasteiger partial charge in [0.1, 0.15) is 17.3 Å². The molecule has 1 aromatic heterocycles. The third kappa shape index (κ3) is 5.95. The van der Waals surface area contributed by atoms with E-state index < -0.39 is 28.9 Å². The Kier molecular flexibility index (Phi) is 10.2. The zero-order valence-corrected chi connectivity index (χ0v) is 37.4. The zero-order valence-electron chi connectivity index (χ0n) is 36.6. The van der Waals surface area contributed by atoms with E-state index in [0.29, 0.717) is 69.1 Å². The van der Waals surface area contributed by atoms with E-state index in [-0.39, 0.29) is 46.2 Å². The molecule has 0 saturated heterocycles. The van der Waals surface area contributed by atoms with E-state index in [9.17, 15) is 19.2 Å². The Morgan fingerprint density at radius 1 is 0.881 bits per heavy atom. The Morgan fingerprint density at radius 2 is 1.59 bits per heavy atom. The molecule has 0 radical (unpaired) electrons. The number of methoxy groups -OCH3 is 2. The number of rotatable bonds is 6. The minimum atomic E-state index is -1.18. The van der Waals surface area contributed by atoms with Crippen molar-refractivity contribution in [3.8, 4) is 5.75 Å². The number of esters is 2. The minimum Gasteiger partial charge on any atom is -0.497 e. The van der Waals surface area contributed by atoms with Crippen molar-refractivity contribution in [3.05, 3.63) is 76.0 Å². The molecule has 0 amide bonds. The summed E-state index contributed by atoms with van der Waals surface area (Å²) in [7, 11) is 2.98. The monoisotopic (exact) mass is 823 g/mol. The number of carbonyl (C=O) groups is 4. The summed E-state index contributed by atoms with van der Waals surface area (Å²) in [6.07, 6.45) is 8.50. The van der Waals surface area contributed by atoms with Crippen LogP contribution in [0, 0.1) is 63.6 Å². The summed E-state index contributed by atoms with van der Waals surface area (Å²) in [5.41, 5.74) is 1.84. The molecule has 0 aliphatic heterocycles. The smallest absolute Gasteiger partial charge is 0.315 e. The van der Waals surface area contributed by atoms with Gasteiger partial charge in [-0.15, -0.1) is 0 Å². The molecule has 0 spiro atoms.